The molecule has 1 heterocycles. The first kappa shape index (κ1) is 19.5. The Labute approximate surface area is 146 Å². The molecule has 2 rings (SSSR count). The van der Waals surface area contributed by atoms with Crippen LogP contribution < -0.4 is 10.6 Å². The first-order chi connectivity index (χ1) is 11.3. The first-order valence-electron chi connectivity index (χ1n) is 9.15. The number of ether oxygens (including phenoxy) is 3. The molecule has 2 fully saturated rings. The summed E-state index contributed by atoms with van der Waals surface area (Å²) in [6.45, 7) is 12.2. The Kier molecular flexibility index (Phi) is 6.89. The molecular weight excluding hydrogens is 308 g/mol. The van der Waals surface area contributed by atoms with Gasteiger partial charge in [0.25, 0.3) is 0 Å². The van der Waals surface area contributed by atoms with Crippen molar-refractivity contribution in [3.8, 4) is 0 Å². The van der Waals surface area contributed by atoms with Gasteiger partial charge in [-0.05, 0) is 46.5 Å². The Balaban J connectivity index is 1.50. The lowest BCUT2D eigenvalue weighted by Crippen LogP contribution is -2.48. The summed E-state index contributed by atoms with van der Waals surface area (Å²) in [4.78, 5) is 11.8. The number of carbonyl (C=O) groups excluding carboxylic acids is 1. The Morgan fingerprint density at radius 2 is 1.88 bits per heavy atom. The highest BCUT2D eigenvalue weighted by atomic mass is 16.6. The number of amides is 1. The molecule has 2 N–H and O–H groups in total. The van der Waals surface area contributed by atoms with Crippen molar-refractivity contribution in [1.82, 2.24) is 10.6 Å². The zero-order valence-electron chi connectivity index (χ0n) is 15.7. The molecule has 6 nitrogen and oxygen atoms in total. The number of hydrogen-bond acceptors (Lipinski definition) is 5. The summed E-state index contributed by atoms with van der Waals surface area (Å²) in [7, 11) is 0. The Bertz CT molecular complexity index is 396. The molecule has 1 amide bonds. The minimum absolute atomic E-state index is 0.205. The minimum Gasteiger partial charge on any atom is -0.444 e. The van der Waals surface area contributed by atoms with Gasteiger partial charge in [-0.2, -0.15) is 0 Å². The van der Waals surface area contributed by atoms with E-state index in [0.29, 0.717) is 11.5 Å². The molecule has 0 aromatic carbocycles. The van der Waals surface area contributed by atoms with Crippen LogP contribution >= 0.6 is 0 Å². The van der Waals surface area contributed by atoms with Crippen molar-refractivity contribution >= 4 is 6.09 Å². The molecule has 1 aliphatic heterocycles. The minimum atomic E-state index is -0.444. The highest BCUT2D eigenvalue weighted by molar-refractivity contribution is 5.68. The molecule has 0 spiro atoms. The van der Waals surface area contributed by atoms with E-state index in [1.807, 2.05) is 20.8 Å². The fraction of sp³-hybridized carbons (Fsp3) is 0.944. The van der Waals surface area contributed by atoms with Crippen LogP contribution in [-0.2, 0) is 14.2 Å². The largest absolute Gasteiger partial charge is 0.444 e. The van der Waals surface area contributed by atoms with Crippen molar-refractivity contribution in [2.75, 3.05) is 32.9 Å². The summed E-state index contributed by atoms with van der Waals surface area (Å²) >= 11 is 0. The van der Waals surface area contributed by atoms with Crippen LogP contribution in [0, 0.1) is 5.41 Å². The fourth-order valence-corrected chi connectivity index (χ4v) is 3.09. The van der Waals surface area contributed by atoms with Crippen molar-refractivity contribution in [2.24, 2.45) is 5.41 Å². The molecular formula is C18H34N2O4. The zero-order chi connectivity index (χ0) is 17.6. The van der Waals surface area contributed by atoms with Crippen LogP contribution in [0.3, 0.4) is 0 Å². The molecule has 2 aliphatic rings. The summed E-state index contributed by atoms with van der Waals surface area (Å²) in [5.74, 6) is 0. The molecule has 0 aromatic heterocycles. The SMILES string of the molecule is CC1(CNCCOC2CCC(NC(=O)OC(C)(C)C)CC2)COC1. The van der Waals surface area contributed by atoms with Gasteiger partial charge >= 0.3 is 6.09 Å². The molecule has 6 heteroatoms. The second kappa shape index (κ2) is 8.50. The highest BCUT2D eigenvalue weighted by Crippen LogP contribution is 2.25. The number of rotatable bonds is 7. The third kappa shape index (κ3) is 6.95. The number of nitrogens with one attached hydrogen (secondary N) is 2. The van der Waals surface area contributed by atoms with Crippen molar-refractivity contribution in [3.63, 3.8) is 0 Å². The van der Waals surface area contributed by atoms with Gasteiger partial charge in [-0.3, -0.25) is 0 Å². The predicted molar refractivity (Wildman–Crippen MR) is 93.2 cm³/mol. The topological polar surface area (TPSA) is 68.8 Å². The van der Waals surface area contributed by atoms with Crippen LogP contribution in [0.1, 0.15) is 53.4 Å². The molecule has 0 aromatic rings. The first-order valence-corrected chi connectivity index (χ1v) is 9.15. The van der Waals surface area contributed by atoms with Crippen LogP contribution in [0.15, 0.2) is 0 Å². The molecule has 140 valence electrons. The average Bonchev–Trinajstić information content (AvgIpc) is 2.45. The maximum absolute atomic E-state index is 11.8. The van der Waals surface area contributed by atoms with Crippen molar-refractivity contribution in [1.29, 1.82) is 0 Å². The lowest BCUT2D eigenvalue weighted by atomic mass is 9.89. The standard InChI is InChI=1S/C18H34N2O4/c1-17(2,3)24-16(21)20-14-5-7-15(8-6-14)23-10-9-19-11-18(4)12-22-13-18/h14-15,19H,5-13H2,1-4H3,(H,20,21). The number of carbonyl (C=O) groups is 1. The fourth-order valence-electron chi connectivity index (χ4n) is 3.09. The van der Waals surface area contributed by atoms with Crippen LogP contribution in [-0.4, -0.2) is 56.8 Å². The maximum atomic E-state index is 11.8. The Morgan fingerprint density at radius 3 is 2.42 bits per heavy atom. The quantitative estimate of drug-likeness (QED) is 0.696. The van der Waals surface area contributed by atoms with E-state index in [4.69, 9.17) is 14.2 Å². The van der Waals surface area contributed by atoms with Crippen LogP contribution in [0.4, 0.5) is 4.79 Å². The summed E-state index contributed by atoms with van der Waals surface area (Å²) in [5.41, 5.74) is -0.133. The van der Waals surface area contributed by atoms with Gasteiger partial charge in [-0.25, -0.2) is 4.79 Å². The number of alkyl carbamates (subject to hydrolysis) is 1. The van der Waals surface area contributed by atoms with Gasteiger partial charge in [0, 0.05) is 24.5 Å². The van der Waals surface area contributed by atoms with E-state index in [-0.39, 0.29) is 12.1 Å². The van der Waals surface area contributed by atoms with Gasteiger partial charge in [-0.15, -0.1) is 0 Å². The van der Waals surface area contributed by atoms with E-state index in [9.17, 15) is 4.79 Å². The summed E-state index contributed by atoms with van der Waals surface area (Å²) in [6, 6.07) is 0.205. The molecule has 1 saturated heterocycles. The zero-order valence-corrected chi connectivity index (χ0v) is 15.7. The average molecular weight is 342 g/mol. The smallest absolute Gasteiger partial charge is 0.407 e. The van der Waals surface area contributed by atoms with Crippen molar-refractivity contribution in [2.45, 2.75) is 71.1 Å². The lowest BCUT2D eigenvalue weighted by Gasteiger charge is -2.38. The second-order valence-electron chi connectivity index (χ2n) is 8.47. The van der Waals surface area contributed by atoms with E-state index in [0.717, 1.165) is 58.6 Å². The Hall–Kier alpha value is -0.850. The highest BCUT2D eigenvalue weighted by Gasteiger charge is 2.32. The van der Waals surface area contributed by atoms with Gasteiger partial charge in [0.15, 0.2) is 0 Å². The lowest BCUT2D eigenvalue weighted by molar-refractivity contribution is -0.0996. The van der Waals surface area contributed by atoms with E-state index in [1.165, 1.54) is 0 Å². The molecule has 1 saturated carbocycles. The summed E-state index contributed by atoms with van der Waals surface area (Å²) < 4.78 is 16.5. The monoisotopic (exact) mass is 342 g/mol. The maximum Gasteiger partial charge on any atom is 0.407 e. The normalized spacial score (nSPS) is 26.5. The van der Waals surface area contributed by atoms with E-state index in [1.54, 1.807) is 0 Å². The molecule has 0 bridgehead atoms. The predicted octanol–water partition coefficient (Wildman–Crippen LogP) is 2.46. The van der Waals surface area contributed by atoms with Gasteiger partial charge < -0.3 is 24.8 Å². The summed E-state index contributed by atoms with van der Waals surface area (Å²) in [6.07, 6.45) is 3.88. The molecule has 0 atom stereocenters. The van der Waals surface area contributed by atoms with Gasteiger partial charge in [0.1, 0.15) is 5.60 Å². The van der Waals surface area contributed by atoms with Gasteiger partial charge in [-0.1, -0.05) is 6.92 Å². The molecule has 24 heavy (non-hydrogen) atoms. The van der Waals surface area contributed by atoms with Gasteiger partial charge in [0.05, 0.1) is 25.9 Å². The van der Waals surface area contributed by atoms with E-state index >= 15 is 0 Å². The van der Waals surface area contributed by atoms with Crippen molar-refractivity contribution in [3.05, 3.63) is 0 Å². The third-order valence-electron chi connectivity index (χ3n) is 4.48. The number of hydrogen-bond donors (Lipinski definition) is 2. The van der Waals surface area contributed by atoms with Crippen LogP contribution in [0.25, 0.3) is 0 Å². The molecule has 0 radical (unpaired) electrons. The van der Waals surface area contributed by atoms with Crippen LogP contribution in [0.2, 0.25) is 0 Å². The molecule has 1 aliphatic carbocycles. The van der Waals surface area contributed by atoms with Gasteiger partial charge in [0.2, 0.25) is 0 Å². The summed E-state index contributed by atoms with van der Waals surface area (Å²) in [5, 5.41) is 6.41. The van der Waals surface area contributed by atoms with Crippen molar-refractivity contribution < 1.29 is 19.0 Å². The Morgan fingerprint density at radius 1 is 1.21 bits per heavy atom. The molecule has 0 unspecified atom stereocenters. The van der Waals surface area contributed by atoms with E-state index in [2.05, 4.69) is 17.6 Å². The van der Waals surface area contributed by atoms with Crippen LogP contribution in [0.5, 0.6) is 0 Å². The third-order valence-corrected chi connectivity index (χ3v) is 4.48. The second-order valence-corrected chi connectivity index (χ2v) is 8.47. The van der Waals surface area contributed by atoms with E-state index < -0.39 is 5.60 Å².